The molecule has 0 radical (unpaired) electrons. The normalized spacial score (nSPS) is 17.7. The highest BCUT2D eigenvalue weighted by Gasteiger charge is 2.22. The number of nitrogens with zero attached hydrogens (tertiary/aromatic N) is 1. The number of amides is 1. The summed E-state index contributed by atoms with van der Waals surface area (Å²) in [4.78, 5) is 26.0. The number of nitrogens with one attached hydrogen (secondary N) is 1. The molecule has 0 bridgehead atoms. The van der Waals surface area contributed by atoms with Crippen LogP contribution in [0.2, 0.25) is 5.02 Å². The zero-order valence-corrected chi connectivity index (χ0v) is 14.8. The van der Waals surface area contributed by atoms with Crippen molar-refractivity contribution >= 4 is 47.5 Å². The molecule has 1 aliphatic rings. The van der Waals surface area contributed by atoms with Crippen LogP contribution < -0.4 is 5.32 Å². The molecule has 1 aromatic rings. The lowest BCUT2D eigenvalue weighted by Crippen LogP contribution is -2.52. The van der Waals surface area contributed by atoms with E-state index in [0.717, 1.165) is 19.6 Å². The Balaban J connectivity index is 0.00000242. The zero-order chi connectivity index (χ0) is 15.2. The van der Waals surface area contributed by atoms with Crippen LogP contribution in [0.5, 0.6) is 0 Å². The van der Waals surface area contributed by atoms with Crippen LogP contribution >= 0.6 is 35.8 Å². The molecule has 1 unspecified atom stereocenters. The fourth-order valence-electron chi connectivity index (χ4n) is 2.24. The van der Waals surface area contributed by atoms with Crippen LogP contribution in [-0.2, 0) is 4.79 Å². The topological polar surface area (TPSA) is 49.4 Å². The van der Waals surface area contributed by atoms with Gasteiger partial charge in [0.1, 0.15) is 0 Å². The van der Waals surface area contributed by atoms with Crippen molar-refractivity contribution in [3.05, 3.63) is 34.9 Å². The zero-order valence-electron chi connectivity index (χ0n) is 12.4. The van der Waals surface area contributed by atoms with Gasteiger partial charge in [0.2, 0.25) is 5.91 Å². The fourth-order valence-corrected chi connectivity index (χ4v) is 3.17. The maximum atomic E-state index is 12.1. The third-order valence-electron chi connectivity index (χ3n) is 3.45. The Labute approximate surface area is 146 Å². The first-order chi connectivity index (χ1) is 10.1. The molecule has 1 amide bonds. The number of halogens is 2. The van der Waals surface area contributed by atoms with Crippen molar-refractivity contribution in [2.45, 2.75) is 13.0 Å². The fraction of sp³-hybridized carbons (Fsp3) is 0.467. The van der Waals surface area contributed by atoms with Crippen LogP contribution in [0.1, 0.15) is 17.3 Å². The molecule has 1 fully saturated rings. The molecule has 1 N–H and O–H groups in total. The number of rotatable bonds is 5. The number of carbonyl (C=O) groups is 2. The lowest BCUT2D eigenvalue weighted by molar-refractivity contribution is -0.131. The highest BCUT2D eigenvalue weighted by atomic mass is 35.5. The predicted molar refractivity (Wildman–Crippen MR) is 94.4 cm³/mol. The molecule has 0 aliphatic carbocycles. The molecular weight excluding hydrogens is 343 g/mol. The number of carbonyl (C=O) groups excluding carboxylic acids is 2. The van der Waals surface area contributed by atoms with Gasteiger partial charge >= 0.3 is 0 Å². The lowest BCUT2D eigenvalue weighted by atomic mass is 10.1. The summed E-state index contributed by atoms with van der Waals surface area (Å²) in [5, 5.41) is 3.87. The molecule has 0 aromatic heterocycles. The minimum absolute atomic E-state index is 0. The third kappa shape index (κ3) is 5.47. The van der Waals surface area contributed by atoms with Crippen LogP contribution in [0.4, 0.5) is 0 Å². The second-order valence-corrected chi connectivity index (χ2v) is 6.49. The van der Waals surface area contributed by atoms with Gasteiger partial charge in [0.05, 0.1) is 11.5 Å². The van der Waals surface area contributed by atoms with Crippen molar-refractivity contribution in [1.29, 1.82) is 0 Å². The molecule has 1 aromatic carbocycles. The van der Waals surface area contributed by atoms with E-state index in [0.29, 0.717) is 22.1 Å². The van der Waals surface area contributed by atoms with Crippen LogP contribution in [0.3, 0.4) is 0 Å². The second-order valence-electron chi connectivity index (χ2n) is 5.06. The average molecular weight is 363 g/mol. The number of thioether (sulfide) groups is 1. The van der Waals surface area contributed by atoms with E-state index >= 15 is 0 Å². The maximum absolute atomic E-state index is 12.1. The van der Waals surface area contributed by atoms with E-state index in [9.17, 15) is 9.59 Å². The number of piperazine rings is 1. The Hall–Kier alpha value is -0.750. The number of hydrogen-bond donors (Lipinski definition) is 1. The molecule has 1 aliphatic heterocycles. The van der Waals surface area contributed by atoms with E-state index in [1.807, 2.05) is 11.8 Å². The van der Waals surface area contributed by atoms with Gasteiger partial charge in [-0.1, -0.05) is 11.6 Å². The van der Waals surface area contributed by atoms with Gasteiger partial charge in [0.15, 0.2) is 5.78 Å². The average Bonchev–Trinajstić information content (AvgIpc) is 2.48. The number of Topliss-reactive ketones (excluding diaryl/α,β-unsaturated/α-hetero) is 1. The van der Waals surface area contributed by atoms with Gasteiger partial charge in [0, 0.05) is 36.3 Å². The number of hydrogen-bond acceptors (Lipinski definition) is 4. The van der Waals surface area contributed by atoms with Crippen molar-refractivity contribution in [3.8, 4) is 0 Å². The molecule has 0 spiro atoms. The van der Waals surface area contributed by atoms with E-state index in [2.05, 4.69) is 5.32 Å². The Morgan fingerprint density at radius 1 is 1.32 bits per heavy atom. The number of benzene rings is 1. The van der Waals surface area contributed by atoms with E-state index in [1.165, 1.54) is 11.8 Å². The molecule has 1 saturated heterocycles. The first-order valence-electron chi connectivity index (χ1n) is 6.94. The highest BCUT2D eigenvalue weighted by Crippen LogP contribution is 2.13. The van der Waals surface area contributed by atoms with Gasteiger partial charge in [0.25, 0.3) is 0 Å². The molecule has 22 heavy (non-hydrogen) atoms. The summed E-state index contributed by atoms with van der Waals surface area (Å²) in [6.07, 6.45) is 0. The maximum Gasteiger partial charge on any atom is 0.232 e. The van der Waals surface area contributed by atoms with Gasteiger partial charge in [-0.15, -0.1) is 24.2 Å². The number of ketones is 1. The summed E-state index contributed by atoms with van der Waals surface area (Å²) in [5.41, 5.74) is 0.634. The van der Waals surface area contributed by atoms with E-state index in [-0.39, 0.29) is 30.1 Å². The van der Waals surface area contributed by atoms with E-state index < -0.39 is 0 Å². The summed E-state index contributed by atoms with van der Waals surface area (Å²) in [7, 11) is 0. The minimum atomic E-state index is 0. The van der Waals surface area contributed by atoms with Gasteiger partial charge in [-0.2, -0.15) is 0 Å². The van der Waals surface area contributed by atoms with Crippen molar-refractivity contribution in [2.75, 3.05) is 31.1 Å². The molecule has 4 nitrogen and oxygen atoms in total. The van der Waals surface area contributed by atoms with Crippen LogP contribution in [0, 0.1) is 0 Å². The highest BCUT2D eigenvalue weighted by molar-refractivity contribution is 8.00. The lowest BCUT2D eigenvalue weighted by Gasteiger charge is -2.33. The van der Waals surface area contributed by atoms with Crippen LogP contribution in [0.25, 0.3) is 0 Å². The summed E-state index contributed by atoms with van der Waals surface area (Å²) >= 11 is 7.16. The smallest absolute Gasteiger partial charge is 0.232 e. The molecule has 1 heterocycles. The summed E-state index contributed by atoms with van der Waals surface area (Å²) in [6.45, 7) is 4.45. The van der Waals surface area contributed by atoms with Gasteiger partial charge < -0.3 is 10.2 Å². The summed E-state index contributed by atoms with van der Waals surface area (Å²) in [5.74, 6) is 0.799. The minimum Gasteiger partial charge on any atom is -0.337 e. The van der Waals surface area contributed by atoms with Crippen molar-refractivity contribution in [3.63, 3.8) is 0 Å². The quantitative estimate of drug-likeness (QED) is 0.817. The van der Waals surface area contributed by atoms with E-state index in [4.69, 9.17) is 11.6 Å². The molecular formula is C15H20Cl2N2O2S. The van der Waals surface area contributed by atoms with Crippen LogP contribution in [0.15, 0.2) is 24.3 Å². The first-order valence-corrected chi connectivity index (χ1v) is 8.48. The molecule has 1 atom stereocenters. The Bertz CT molecular complexity index is 511. The van der Waals surface area contributed by atoms with Crippen molar-refractivity contribution in [1.82, 2.24) is 10.2 Å². The first kappa shape index (κ1) is 19.3. The van der Waals surface area contributed by atoms with Crippen LogP contribution in [-0.4, -0.2) is 53.8 Å². The van der Waals surface area contributed by atoms with Gasteiger partial charge in [-0.3, -0.25) is 9.59 Å². The van der Waals surface area contributed by atoms with Gasteiger partial charge in [-0.25, -0.2) is 0 Å². The van der Waals surface area contributed by atoms with Crippen molar-refractivity contribution < 1.29 is 9.59 Å². The Morgan fingerprint density at radius 3 is 2.64 bits per heavy atom. The van der Waals surface area contributed by atoms with E-state index in [1.54, 1.807) is 24.3 Å². The molecule has 0 saturated carbocycles. The Morgan fingerprint density at radius 2 is 2.00 bits per heavy atom. The third-order valence-corrected chi connectivity index (χ3v) is 4.62. The predicted octanol–water partition coefficient (Wildman–Crippen LogP) is 2.50. The summed E-state index contributed by atoms with van der Waals surface area (Å²) < 4.78 is 0. The Kier molecular flexibility index (Phi) is 8.25. The van der Waals surface area contributed by atoms with Crippen molar-refractivity contribution in [2.24, 2.45) is 0 Å². The standard InChI is InChI=1S/C15H19ClN2O2S.ClH/c1-11-8-17-6-7-18(11)15(20)10-21-9-14(19)12-2-4-13(16)5-3-12;/h2-5,11,17H,6-10H2,1H3;1H. The van der Waals surface area contributed by atoms with Gasteiger partial charge in [-0.05, 0) is 31.2 Å². The largest absolute Gasteiger partial charge is 0.337 e. The SMILES string of the molecule is CC1CNCCN1C(=O)CSCC(=O)c1ccc(Cl)cc1.Cl. The second kappa shape index (κ2) is 9.40. The molecule has 2 rings (SSSR count). The molecule has 7 heteroatoms. The molecule has 122 valence electrons. The summed E-state index contributed by atoms with van der Waals surface area (Å²) in [6, 6.07) is 7.05. The monoisotopic (exact) mass is 362 g/mol.